The van der Waals surface area contributed by atoms with Crippen LogP contribution in [0.5, 0.6) is 11.5 Å². The molecule has 0 fully saturated rings. The molecule has 0 aliphatic heterocycles. The molecule has 0 bridgehead atoms. The van der Waals surface area contributed by atoms with Crippen LogP contribution >= 0.6 is 24.0 Å². The normalized spacial score (nSPS) is 10.7. The van der Waals surface area contributed by atoms with Crippen molar-refractivity contribution in [2.24, 2.45) is 4.99 Å². The molecule has 0 aromatic heterocycles. The van der Waals surface area contributed by atoms with Gasteiger partial charge in [-0.3, -0.25) is 0 Å². The first-order valence-corrected chi connectivity index (χ1v) is 8.45. The summed E-state index contributed by atoms with van der Waals surface area (Å²) in [5.74, 6) is 2.23. The molecule has 2 aromatic carbocycles. The first-order valence-electron chi connectivity index (χ1n) is 8.45. The van der Waals surface area contributed by atoms with Gasteiger partial charge in [0.2, 0.25) is 0 Å². The highest BCUT2D eigenvalue weighted by Gasteiger charge is 2.05. The number of aryl methyl sites for hydroxylation is 1. The minimum absolute atomic E-state index is 0. The Balaban J connectivity index is 0.00000338. The van der Waals surface area contributed by atoms with Crippen molar-refractivity contribution in [1.29, 1.82) is 0 Å². The Hall–Kier alpha value is -1.96. The molecule has 5 nitrogen and oxygen atoms in total. The molecule has 0 heterocycles. The summed E-state index contributed by atoms with van der Waals surface area (Å²) in [6.07, 6.45) is 0. The Labute approximate surface area is 173 Å². The molecule has 0 amide bonds. The second-order valence-corrected chi connectivity index (χ2v) is 5.72. The third-order valence-corrected chi connectivity index (χ3v) is 3.79. The first-order chi connectivity index (χ1) is 12.2. The third-order valence-electron chi connectivity index (χ3n) is 3.79. The van der Waals surface area contributed by atoms with E-state index in [9.17, 15) is 0 Å². The molecule has 0 radical (unpaired) electrons. The maximum absolute atomic E-state index is 5.34. The number of guanidine groups is 1. The van der Waals surface area contributed by atoms with Crippen LogP contribution in [-0.4, -0.2) is 26.7 Å². The zero-order chi connectivity index (χ0) is 18.1. The highest BCUT2D eigenvalue weighted by Crippen LogP contribution is 2.27. The fraction of sp³-hybridized carbons (Fsp3) is 0.350. The Kier molecular flexibility index (Phi) is 9.87. The molecule has 6 heteroatoms. The number of hydrogen-bond acceptors (Lipinski definition) is 3. The van der Waals surface area contributed by atoms with E-state index in [-0.39, 0.29) is 24.0 Å². The van der Waals surface area contributed by atoms with Gasteiger partial charge in [-0.15, -0.1) is 24.0 Å². The molecule has 0 unspecified atom stereocenters. The van der Waals surface area contributed by atoms with E-state index in [2.05, 4.69) is 53.7 Å². The fourth-order valence-corrected chi connectivity index (χ4v) is 2.38. The zero-order valence-electron chi connectivity index (χ0n) is 15.8. The van der Waals surface area contributed by atoms with Crippen LogP contribution < -0.4 is 20.1 Å². The van der Waals surface area contributed by atoms with E-state index in [4.69, 9.17) is 9.47 Å². The number of halogens is 1. The molecule has 0 spiro atoms. The van der Waals surface area contributed by atoms with Gasteiger partial charge in [0.05, 0.1) is 20.8 Å². The standard InChI is InChI=1S/C20H27N3O2.HI/c1-5-21-20(22-13-16-8-6-15(2)7-9-16)23-14-17-10-11-18(24-3)19(12-17)25-4;/h6-12H,5,13-14H2,1-4H3,(H2,21,22,23);1H. The summed E-state index contributed by atoms with van der Waals surface area (Å²) >= 11 is 0. The monoisotopic (exact) mass is 469 g/mol. The number of benzene rings is 2. The number of aliphatic imine (C=N–C) groups is 1. The maximum atomic E-state index is 5.34. The third kappa shape index (κ3) is 6.74. The van der Waals surface area contributed by atoms with Crippen molar-refractivity contribution in [1.82, 2.24) is 10.6 Å². The van der Waals surface area contributed by atoms with Gasteiger partial charge in [0.25, 0.3) is 0 Å². The van der Waals surface area contributed by atoms with E-state index < -0.39 is 0 Å². The number of hydrogen-bond donors (Lipinski definition) is 2. The summed E-state index contributed by atoms with van der Waals surface area (Å²) in [6.45, 7) is 6.25. The molecular formula is C20H28IN3O2. The quantitative estimate of drug-likeness (QED) is 0.367. The lowest BCUT2D eigenvalue weighted by molar-refractivity contribution is 0.354. The Bertz CT molecular complexity index is 703. The second-order valence-electron chi connectivity index (χ2n) is 5.72. The van der Waals surface area contributed by atoms with Crippen LogP contribution in [-0.2, 0) is 13.1 Å². The van der Waals surface area contributed by atoms with Gasteiger partial charge in [-0.2, -0.15) is 0 Å². The van der Waals surface area contributed by atoms with E-state index in [1.807, 2.05) is 18.2 Å². The predicted octanol–water partition coefficient (Wildman–Crippen LogP) is 3.89. The zero-order valence-corrected chi connectivity index (χ0v) is 18.2. The molecule has 0 atom stereocenters. The fourth-order valence-electron chi connectivity index (χ4n) is 2.38. The lowest BCUT2D eigenvalue weighted by Crippen LogP contribution is -2.36. The summed E-state index contributed by atoms with van der Waals surface area (Å²) < 4.78 is 10.6. The summed E-state index contributed by atoms with van der Waals surface area (Å²) in [4.78, 5) is 4.65. The Morgan fingerprint density at radius 1 is 0.923 bits per heavy atom. The predicted molar refractivity (Wildman–Crippen MR) is 118 cm³/mol. The van der Waals surface area contributed by atoms with Crippen molar-refractivity contribution in [2.75, 3.05) is 20.8 Å². The average molecular weight is 469 g/mol. The van der Waals surface area contributed by atoms with Crippen LogP contribution in [0.25, 0.3) is 0 Å². The molecule has 0 aliphatic carbocycles. The van der Waals surface area contributed by atoms with E-state index >= 15 is 0 Å². The van der Waals surface area contributed by atoms with Crippen LogP contribution in [0.4, 0.5) is 0 Å². The summed E-state index contributed by atoms with van der Waals surface area (Å²) in [6, 6.07) is 14.3. The number of methoxy groups -OCH3 is 2. The molecule has 0 saturated heterocycles. The van der Waals surface area contributed by atoms with Gasteiger partial charge in [0.1, 0.15) is 0 Å². The van der Waals surface area contributed by atoms with E-state index in [1.165, 1.54) is 11.1 Å². The van der Waals surface area contributed by atoms with Gasteiger partial charge in [0.15, 0.2) is 17.5 Å². The van der Waals surface area contributed by atoms with Crippen molar-refractivity contribution in [3.8, 4) is 11.5 Å². The lowest BCUT2D eigenvalue weighted by atomic mass is 10.1. The highest BCUT2D eigenvalue weighted by atomic mass is 127. The van der Waals surface area contributed by atoms with Gasteiger partial charge in [-0.25, -0.2) is 4.99 Å². The van der Waals surface area contributed by atoms with Crippen molar-refractivity contribution >= 4 is 29.9 Å². The highest BCUT2D eigenvalue weighted by molar-refractivity contribution is 14.0. The van der Waals surface area contributed by atoms with E-state index in [1.54, 1.807) is 14.2 Å². The minimum Gasteiger partial charge on any atom is -0.493 e. The van der Waals surface area contributed by atoms with Crippen molar-refractivity contribution in [2.45, 2.75) is 26.9 Å². The molecule has 2 rings (SSSR count). The van der Waals surface area contributed by atoms with E-state index in [0.717, 1.165) is 30.4 Å². The molecule has 26 heavy (non-hydrogen) atoms. The van der Waals surface area contributed by atoms with E-state index in [0.29, 0.717) is 12.3 Å². The van der Waals surface area contributed by atoms with Crippen LogP contribution in [0.2, 0.25) is 0 Å². The SMILES string of the molecule is CCNC(=NCc1ccc(OC)c(OC)c1)NCc1ccc(C)cc1.I. The summed E-state index contributed by atoms with van der Waals surface area (Å²) in [5.41, 5.74) is 3.55. The maximum Gasteiger partial charge on any atom is 0.191 e. The van der Waals surface area contributed by atoms with Gasteiger partial charge < -0.3 is 20.1 Å². The number of nitrogens with one attached hydrogen (secondary N) is 2. The Morgan fingerprint density at radius 3 is 2.19 bits per heavy atom. The average Bonchev–Trinajstić information content (AvgIpc) is 2.65. The van der Waals surface area contributed by atoms with Crippen LogP contribution in [0.15, 0.2) is 47.5 Å². The molecular weight excluding hydrogens is 441 g/mol. The van der Waals surface area contributed by atoms with Gasteiger partial charge >= 0.3 is 0 Å². The lowest BCUT2D eigenvalue weighted by Gasteiger charge is -2.12. The van der Waals surface area contributed by atoms with Gasteiger partial charge in [-0.05, 0) is 37.1 Å². The van der Waals surface area contributed by atoms with Crippen LogP contribution in [0.3, 0.4) is 0 Å². The van der Waals surface area contributed by atoms with Gasteiger partial charge in [-0.1, -0.05) is 35.9 Å². The molecule has 2 N–H and O–H groups in total. The van der Waals surface area contributed by atoms with Crippen LogP contribution in [0.1, 0.15) is 23.6 Å². The molecule has 142 valence electrons. The molecule has 0 aliphatic rings. The van der Waals surface area contributed by atoms with Crippen molar-refractivity contribution in [3.05, 3.63) is 59.2 Å². The van der Waals surface area contributed by atoms with Gasteiger partial charge in [0, 0.05) is 13.1 Å². The largest absolute Gasteiger partial charge is 0.493 e. The van der Waals surface area contributed by atoms with Crippen molar-refractivity contribution in [3.63, 3.8) is 0 Å². The topological polar surface area (TPSA) is 54.9 Å². The number of nitrogens with zero attached hydrogens (tertiary/aromatic N) is 1. The van der Waals surface area contributed by atoms with Crippen LogP contribution in [0, 0.1) is 6.92 Å². The van der Waals surface area contributed by atoms with Crippen molar-refractivity contribution < 1.29 is 9.47 Å². The minimum atomic E-state index is 0. The summed E-state index contributed by atoms with van der Waals surface area (Å²) in [7, 11) is 3.27. The second kappa shape index (κ2) is 11.6. The smallest absolute Gasteiger partial charge is 0.191 e. The first kappa shape index (κ1) is 22.1. The number of rotatable bonds is 7. The Morgan fingerprint density at radius 2 is 1.58 bits per heavy atom. The molecule has 2 aromatic rings. The summed E-state index contributed by atoms with van der Waals surface area (Å²) in [5, 5.41) is 6.63. The number of ether oxygens (including phenoxy) is 2. The molecule has 0 saturated carbocycles.